The lowest BCUT2D eigenvalue weighted by Gasteiger charge is -2.30. The van der Waals surface area contributed by atoms with E-state index in [2.05, 4.69) is 410 Å². The predicted octanol–water partition coefficient (Wildman–Crippen LogP) is 30.2. The van der Waals surface area contributed by atoms with Crippen molar-refractivity contribution in [2.24, 2.45) is 0 Å². The molecule has 0 atom stereocenters. The molecule has 0 N–H and O–H groups in total. The van der Waals surface area contributed by atoms with Crippen molar-refractivity contribution in [2.45, 2.75) is 10.8 Å². The highest BCUT2D eigenvalue weighted by Gasteiger charge is 2.54. The number of nitrogens with zero attached hydrogens (tertiary/aromatic N) is 6. The summed E-state index contributed by atoms with van der Waals surface area (Å²) in [7, 11) is 0. The lowest BCUT2D eigenvalue weighted by molar-refractivity contribution is 0.667. The topological polar surface area (TPSA) is 74.6 Å². The molecule has 4 aliphatic carbocycles. The lowest BCUT2D eigenvalue weighted by Crippen LogP contribution is -2.25. The second-order valence-electron chi connectivity index (χ2n) is 34.0. The van der Waals surface area contributed by atoms with Crippen molar-refractivity contribution in [3.05, 3.63) is 457 Å². The van der Waals surface area contributed by atoms with Crippen LogP contribution in [0.3, 0.4) is 0 Å². The average molecular weight is 1620 g/mol. The first kappa shape index (κ1) is 69.4. The van der Waals surface area contributed by atoms with E-state index in [0.29, 0.717) is 11.4 Å². The largest absolute Gasteiger partial charge is 0.452 e. The number of furan rings is 1. The number of thiophene rings is 1. The highest BCUT2D eigenvalue weighted by molar-refractivity contribution is 7.26. The predicted molar refractivity (Wildman–Crippen MR) is 520 cm³/mol. The highest BCUT2D eigenvalue weighted by atomic mass is 32.1. The molecule has 126 heavy (non-hydrogen) atoms. The van der Waals surface area contributed by atoms with Gasteiger partial charge >= 0.3 is 0 Å². The van der Waals surface area contributed by atoms with Gasteiger partial charge in [-0.2, -0.15) is 0 Å². The fraction of sp³-hybridized carbons (Fsp3) is 0.0169. The highest BCUT2D eigenvalue weighted by Crippen LogP contribution is 2.67. The summed E-state index contributed by atoms with van der Waals surface area (Å²) in [5.74, 6) is 1.38. The molecule has 7 nitrogen and oxygen atoms in total. The summed E-state index contributed by atoms with van der Waals surface area (Å²) in [5.41, 5.74) is 35.7. The second kappa shape index (κ2) is 26.1. The molecule has 6 aromatic heterocycles. The maximum atomic E-state index is 6.79. The van der Waals surface area contributed by atoms with Crippen molar-refractivity contribution in [3.8, 4) is 101 Å². The molecule has 2 spiro atoms. The Morgan fingerprint density at radius 1 is 0.238 bits per heavy atom. The van der Waals surface area contributed by atoms with Gasteiger partial charge in [0.15, 0.2) is 17.2 Å². The molecule has 0 fully saturated rings. The van der Waals surface area contributed by atoms with Gasteiger partial charge in [0, 0.05) is 70.6 Å². The van der Waals surface area contributed by atoms with Gasteiger partial charge in [0.05, 0.1) is 48.8 Å². The molecule has 19 aromatic carbocycles. The number of rotatable bonds is 6. The molecule has 6 heterocycles. The molecule has 8 heteroatoms. The van der Waals surface area contributed by atoms with E-state index < -0.39 is 10.8 Å². The smallest absolute Gasteiger partial charge is 0.180 e. The van der Waals surface area contributed by atoms with E-state index in [4.69, 9.17) is 24.4 Å². The van der Waals surface area contributed by atoms with Crippen LogP contribution in [0.5, 0.6) is 0 Å². The van der Waals surface area contributed by atoms with Crippen molar-refractivity contribution >= 4 is 130 Å². The van der Waals surface area contributed by atoms with Gasteiger partial charge in [0.2, 0.25) is 0 Å². The maximum absolute atomic E-state index is 6.79. The minimum Gasteiger partial charge on any atom is -0.452 e. The van der Waals surface area contributed by atoms with Crippen LogP contribution in [0.25, 0.3) is 219 Å². The summed E-state index contributed by atoms with van der Waals surface area (Å²) in [6.45, 7) is 0. The lowest BCUT2D eigenvalue weighted by atomic mass is 9.70. The molecule has 0 unspecified atom stereocenters. The van der Waals surface area contributed by atoms with Crippen molar-refractivity contribution in [1.82, 2.24) is 29.1 Å². The van der Waals surface area contributed by atoms with Gasteiger partial charge in [0.1, 0.15) is 16.8 Å². The van der Waals surface area contributed by atoms with Crippen molar-refractivity contribution < 1.29 is 4.42 Å². The second-order valence-corrected chi connectivity index (χ2v) is 35.1. The monoisotopic (exact) mass is 1620 g/mol. The summed E-state index contributed by atoms with van der Waals surface area (Å²) in [5, 5.41) is 14.3. The number of benzene rings is 19. The molecule has 0 amide bonds. The van der Waals surface area contributed by atoms with Gasteiger partial charge < -0.3 is 13.6 Å². The summed E-state index contributed by atoms with van der Waals surface area (Å²) in [6, 6.07) is 151. The molecule has 582 valence electrons. The molecule has 0 bridgehead atoms. The first-order valence-electron chi connectivity index (χ1n) is 43.2. The first-order chi connectivity index (χ1) is 62.5. The fourth-order valence-electron chi connectivity index (χ4n) is 22.6. The Kier molecular flexibility index (Phi) is 14.4. The third kappa shape index (κ3) is 9.49. The zero-order valence-corrected chi connectivity index (χ0v) is 68.6. The Balaban J connectivity index is 0.000000128. The molecule has 25 aromatic rings. The van der Waals surface area contributed by atoms with Crippen LogP contribution in [-0.2, 0) is 10.8 Å². The van der Waals surface area contributed by atoms with Crippen LogP contribution in [0, 0.1) is 0 Å². The number of hydrogen-bond acceptors (Lipinski definition) is 6. The van der Waals surface area contributed by atoms with Crippen LogP contribution in [-0.4, -0.2) is 29.1 Å². The molecular weight excluding hydrogens is 1550 g/mol. The zero-order chi connectivity index (χ0) is 82.2. The van der Waals surface area contributed by atoms with E-state index >= 15 is 0 Å². The molecule has 29 rings (SSSR count). The normalized spacial score (nSPS) is 13.4. The number of aromatic nitrogens is 6. The van der Waals surface area contributed by atoms with E-state index in [9.17, 15) is 0 Å². The van der Waals surface area contributed by atoms with Crippen LogP contribution in [0.2, 0.25) is 0 Å². The summed E-state index contributed by atoms with van der Waals surface area (Å²) >= 11 is 1.79. The van der Waals surface area contributed by atoms with Crippen LogP contribution in [0.4, 0.5) is 0 Å². The summed E-state index contributed by atoms with van der Waals surface area (Å²) < 4.78 is 13.9. The summed E-state index contributed by atoms with van der Waals surface area (Å²) in [6.07, 6.45) is 0. The molecule has 0 radical (unpaired) electrons. The molecule has 0 saturated carbocycles. The van der Waals surface area contributed by atoms with E-state index in [1.54, 1.807) is 11.3 Å². The van der Waals surface area contributed by atoms with Crippen molar-refractivity contribution in [2.75, 3.05) is 0 Å². The maximum Gasteiger partial charge on any atom is 0.180 e. The Hall–Kier alpha value is -16.3. The quantitative estimate of drug-likeness (QED) is 0.166. The Bertz CT molecular complexity index is 9020. The third-order valence-corrected chi connectivity index (χ3v) is 28.9. The van der Waals surface area contributed by atoms with Gasteiger partial charge in [-0.25, -0.2) is 19.9 Å². The van der Waals surface area contributed by atoms with Crippen LogP contribution >= 0.6 is 11.3 Å². The number of hydrogen-bond donors (Lipinski definition) is 0. The zero-order valence-electron chi connectivity index (χ0n) is 67.8. The standard InChI is InChI=1S/C61H35N3S.C57H33N3O/c1-2-15-37-35-54-48(34-36(37)14-1)44-18-6-11-26-53(44)64(54)41-31-30-38-32-40(29-28-39(38)33-41)60-62-57-46-20-7-12-27-55(46)65-59(57)58(63-60)47-21-13-25-52-56(47)45-19-5-10-24-51(45)61(52)49-22-8-3-16-42(49)43-17-4-9-23-50(43)61;1-2-16-35-33-50-44(32-34(35)15-1)40-21-6-11-29-49(40)60(50)37-18-13-17-36(31-37)56-58-53-42-23-7-12-30-51(42)61-55(53)54(59-56)43-24-14-28-48-52(43)41-22-5-10-27-47(41)57(48)45-25-8-3-19-38(45)39-20-4-9-26-46(39)57/h1-35H;1-33H. The molecule has 0 saturated heterocycles. The van der Waals surface area contributed by atoms with Gasteiger partial charge in [-0.1, -0.05) is 328 Å². The SMILES string of the molecule is c1cc(-c2nc(-c3cccc4c3-c3ccccc3C43c4ccccc4-c4ccccc43)c3oc4ccccc4c3n2)cc(-n2c3ccccc3c3cc4ccccc4cc32)c1.c1ccc2c(c1)-c1ccccc1C21c2ccccc2-c2c(-c3nc(-c4ccc5cc(-n6c7ccccc7c7cc8ccccc8cc76)ccc5c4)nc4c3sc3ccccc34)cccc21. The minimum absolute atomic E-state index is 0.436. The van der Waals surface area contributed by atoms with Crippen molar-refractivity contribution in [3.63, 3.8) is 0 Å². The number of para-hydroxylation sites is 3. The van der Waals surface area contributed by atoms with Gasteiger partial charge in [-0.15, -0.1) is 11.3 Å². The Morgan fingerprint density at radius 2 is 0.627 bits per heavy atom. The van der Waals surface area contributed by atoms with Crippen LogP contribution < -0.4 is 0 Å². The first-order valence-corrected chi connectivity index (χ1v) is 44.0. The third-order valence-electron chi connectivity index (χ3n) is 27.8. The number of fused-ring (bicyclic) bond motifs is 35. The minimum atomic E-state index is -0.472. The van der Waals surface area contributed by atoms with E-state index in [1.807, 2.05) is 12.1 Å². The van der Waals surface area contributed by atoms with E-state index in [0.717, 1.165) is 99.3 Å². The molecule has 4 aliphatic rings. The fourth-order valence-corrected chi connectivity index (χ4v) is 23.8. The van der Waals surface area contributed by atoms with Crippen molar-refractivity contribution in [1.29, 1.82) is 0 Å². The summed E-state index contributed by atoms with van der Waals surface area (Å²) in [4.78, 5) is 22.0. The van der Waals surface area contributed by atoms with E-state index in [-0.39, 0.29) is 0 Å². The van der Waals surface area contributed by atoms with Gasteiger partial charge in [0.25, 0.3) is 0 Å². The van der Waals surface area contributed by atoms with Gasteiger partial charge in [-0.3, -0.25) is 0 Å². The van der Waals surface area contributed by atoms with E-state index in [1.165, 1.54) is 153 Å². The van der Waals surface area contributed by atoms with Crippen LogP contribution in [0.15, 0.2) is 417 Å². The Labute approximate surface area is 727 Å². The van der Waals surface area contributed by atoms with Crippen LogP contribution in [0.1, 0.15) is 44.5 Å². The molecular formula is C118H68N6OS. The Morgan fingerprint density at radius 3 is 1.19 bits per heavy atom. The average Bonchev–Trinajstić information content (AvgIpc) is 1.51. The van der Waals surface area contributed by atoms with Gasteiger partial charge in [-0.05, 0) is 206 Å². The molecule has 0 aliphatic heterocycles.